The number of aryl methyl sites for hydroxylation is 12. The molecule has 688 valence electrons. The van der Waals surface area contributed by atoms with Gasteiger partial charge in [-0.3, -0.25) is 59.8 Å². The van der Waals surface area contributed by atoms with Crippen molar-refractivity contribution in [3.8, 4) is 57.7 Å². The van der Waals surface area contributed by atoms with Crippen LogP contribution < -0.4 is 74.5 Å². The number of halogens is 4. The van der Waals surface area contributed by atoms with Gasteiger partial charge >= 0.3 is 39.0 Å². The Hall–Kier alpha value is -11.4. The van der Waals surface area contributed by atoms with E-state index < -0.39 is 41.0 Å². The normalized spacial score (nSPS) is 11.2. The fourth-order valence-corrected chi connectivity index (χ4v) is 12.3. The maximum atomic E-state index is 8.49. The molecule has 14 aromatic heterocycles. The summed E-state index contributed by atoms with van der Waals surface area (Å²) in [6, 6.07) is 51.8. The van der Waals surface area contributed by atoms with E-state index in [-0.39, 0.29) is 55.4 Å². The van der Waals surface area contributed by atoms with Crippen molar-refractivity contribution >= 4 is 65.7 Å². The number of pyridine rings is 12. The van der Waals surface area contributed by atoms with E-state index in [0.717, 1.165) is 160 Å². The van der Waals surface area contributed by atoms with Crippen molar-refractivity contribution in [2.75, 3.05) is 0 Å². The minimum absolute atomic E-state index is 0. The predicted molar refractivity (Wildman–Crippen MR) is 435 cm³/mol. The smallest absolute Gasteiger partial charge is 0.412 e. The second kappa shape index (κ2) is 56.3. The Labute approximate surface area is 786 Å². The summed E-state index contributed by atoms with van der Waals surface area (Å²) in [4.78, 5) is 72.3. The molecule has 0 bridgehead atoms. The van der Waals surface area contributed by atoms with Gasteiger partial charge in [-0.05, 0) is 297 Å². The quantitative estimate of drug-likeness (QED) is 0.133. The Morgan fingerprint density at radius 2 is 0.359 bits per heavy atom. The summed E-state index contributed by atoms with van der Waals surface area (Å²) in [5.74, 6) is 0. The molecule has 16 aromatic rings. The molecule has 0 saturated heterocycles. The molecule has 0 radical (unpaired) electrons. The molecule has 2 aliphatic carbocycles. The number of nitrogens with zero attached hydrogens (tertiary/aromatic N) is 18. The zero-order chi connectivity index (χ0) is 92.3. The van der Waals surface area contributed by atoms with Crippen LogP contribution in [0.1, 0.15) is 107 Å². The third-order valence-corrected chi connectivity index (χ3v) is 17.3. The Bertz CT molecular complexity index is 5440. The molecular weight excluding hydrogens is 1960 g/mol. The minimum Gasteiger partial charge on any atom is -0.412 e. The second-order valence-electron chi connectivity index (χ2n) is 27.3. The van der Waals surface area contributed by atoms with E-state index in [4.69, 9.17) is 105 Å². The van der Waals surface area contributed by atoms with Crippen LogP contribution in [0, 0.1) is 119 Å². The van der Waals surface area contributed by atoms with Crippen molar-refractivity contribution in [3.63, 3.8) is 0 Å². The summed E-state index contributed by atoms with van der Waals surface area (Å²) >= 11 is 0. The number of rotatable bonds is 4. The Kier molecular flexibility index (Phi) is 49.7. The number of hydrogen-bond donors (Lipinski definition) is 0. The molecule has 43 heteroatoms. The van der Waals surface area contributed by atoms with Gasteiger partial charge in [0.15, 0.2) is 0 Å². The molecular formula is C88H88Cl4N18O19Ru2. The molecule has 18 rings (SSSR count). The molecule has 2 aliphatic rings. The van der Waals surface area contributed by atoms with E-state index in [1.807, 2.05) is 196 Å². The SMILES string of the molecule is CC#N.CC#N.Cc1ccnc(-c2cc(C)ccn2)c1.Cc1ccnc(-c2cc(C)ccn2)c1.Cc1ccnc(-c2cc(C)ccn2)c1.Cc1ccnc(-c2cc(C)ccn2)c1.O.O.O.[O-][Cl+3]([O-])([O-])[O-].[O-][Cl+3]([O-])([O-])[O-].[O-][Cl+3]([O-])([O-])[O-].[O-][Cl+3]([O-])([O-])[O-].[Ru+2].[Ru+2].c1cnc2c(c1)c1nc3c(nc1c1cccnc12)CCCC3.c1cnc2c(c1)c1nc3c(nc1c1cccnc12)CCCC3. The Morgan fingerprint density at radius 1 is 0.229 bits per heavy atom. The van der Waals surface area contributed by atoms with E-state index in [0.29, 0.717) is 0 Å². The summed E-state index contributed by atoms with van der Waals surface area (Å²) in [5, 5.41) is 18.8. The summed E-state index contributed by atoms with van der Waals surface area (Å²) < 4.78 is 136. The molecule has 37 nitrogen and oxygen atoms in total. The molecule has 0 atom stereocenters. The molecule has 0 fully saturated rings. The fraction of sp³-hybridized carbons (Fsp3) is 0.205. The standard InChI is InChI=1S/2C18H14N4.4C12H12N2.2C2H3N.4ClHO4.3H2O.2Ru/c2*1-2-8-14-13(7-1)21-17-11-5-3-9-19-15(11)16-12(18(17)22-14)6-4-10-20-16;4*1-9-3-5-13-11(7-9)12-8-10(2)4-6-14-12;2*1-2-3;4*2-1(3,4)5;;;;;/h2*3-6,9-10H,1-2,7-8H2;4*3-8H,1-2H3;2*1H3;4*(H,2,3,4,5);3*1H2;;/q;;;;;;;;;;;;;;;2*+2/p-4. The fourth-order valence-electron chi connectivity index (χ4n) is 12.3. The van der Waals surface area contributed by atoms with Crippen molar-refractivity contribution in [2.24, 2.45) is 0 Å². The van der Waals surface area contributed by atoms with Crippen LogP contribution in [0.2, 0.25) is 0 Å². The van der Waals surface area contributed by atoms with Gasteiger partial charge in [0, 0.05) is 110 Å². The minimum atomic E-state index is -4.94. The van der Waals surface area contributed by atoms with Gasteiger partial charge in [-0.25, -0.2) is 94.5 Å². The van der Waals surface area contributed by atoms with Gasteiger partial charge in [0.25, 0.3) is 0 Å². The van der Waals surface area contributed by atoms with E-state index >= 15 is 0 Å². The largest absolute Gasteiger partial charge is 2.00 e. The number of nitriles is 2. The monoisotopic (exact) mass is 2040 g/mol. The van der Waals surface area contributed by atoms with Crippen molar-refractivity contribution in [2.45, 2.75) is 121 Å². The van der Waals surface area contributed by atoms with Crippen LogP contribution in [0.15, 0.2) is 220 Å². The number of benzene rings is 2. The number of hydrogen-bond acceptors (Lipinski definition) is 34. The van der Waals surface area contributed by atoms with Crippen LogP contribution in [0.3, 0.4) is 0 Å². The van der Waals surface area contributed by atoms with Crippen molar-refractivity contribution < 1.29 is 171 Å². The van der Waals surface area contributed by atoms with Gasteiger partial charge in [-0.2, -0.15) is 10.5 Å². The first kappa shape index (κ1) is 116. The molecule has 0 aliphatic heterocycles. The Balaban J connectivity index is 0.000000505. The van der Waals surface area contributed by atoms with E-state index in [1.54, 1.807) is 12.1 Å². The maximum absolute atomic E-state index is 8.49. The summed E-state index contributed by atoms with van der Waals surface area (Å²) in [7, 11) is -19.8. The van der Waals surface area contributed by atoms with Gasteiger partial charge in [0.1, 0.15) is 0 Å². The van der Waals surface area contributed by atoms with Gasteiger partial charge in [0.2, 0.25) is 0 Å². The van der Waals surface area contributed by atoms with Gasteiger partial charge in [0.05, 0.1) is 125 Å². The third kappa shape index (κ3) is 40.9. The van der Waals surface area contributed by atoms with Gasteiger partial charge in [-0.1, -0.05) is 0 Å². The molecule has 0 amide bonds. The van der Waals surface area contributed by atoms with Crippen LogP contribution in [-0.4, -0.2) is 96.2 Å². The first-order valence-corrected chi connectivity index (χ1v) is 42.8. The molecule has 2 aromatic carbocycles. The first-order chi connectivity index (χ1) is 59.7. The van der Waals surface area contributed by atoms with Crippen LogP contribution in [0.25, 0.3) is 111 Å². The first-order valence-electron chi connectivity index (χ1n) is 37.8. The van der Waals surface area contributed by atoms with Crippen LogP contribution >= 0.6 is 0 Å². The molecule has 0 spiro atoms. The zero-order valence-corrected chi connectivity index (χ0v) is 78.2. The summed E-state index contributed by atoms with van der Waals surface area (Å²) in [6.07, 6.45) is 30.7. The average molecular weight is 2050 g/mol. The average Bonchev–Trinajstić information content (AvgIpc) is 0.742. The van der Waals surface area contributed by atoms with Gasteiger partial charge in [-0.15, -0.1) is 41.0 Å². The predicted octanol–water partition coefficient (Wildman–Crippen LogP) is -2.19. The number of aromatic nitrogens is 16. The van der Waals surface area contributed by atoms with Crippen molar-refractivity contribution in [1.29, 1.82) is 10.5 Å². The molecule has 6 N–H and O–H groups in total. The number of fused-ring (bicyclic) bond motifs is 14. The van der Waals surface area contributed by atoms with E-state index in [2.05, 4.69) is 139 Å². The maximum Gasteiger partial charge on any atom is 2.00 e. The summed E-state index contributed by atoms with van der Waals surface area (Å²) in [5.41, 5.74) is 29.3. The van der Waals surface area contributed by atoms with Crippen molar-refractivity contribution in [3.05, 3.63) is 287 Å². The molecule has 131 heavy (non-hydrogen) atoms. The van der Waals surface area contributed by atoms with Crippen LogP contribution in [0.5, 0.6) is 0 Å². The zero-order valence-electron chi connectivity index (χ0n) is 71.7. The van der Waals surface area contributed by atoms with Crippen LogP contribution in [0.4, 0.5) is 0 Å². The third-order valence-electron chi connectivity index (χ3n) is 17.3. The molecule has 0 unspecified atom stereocenters. The molecule has 14 heterocycles. The summed E-state index contributed by atoms with van der Waals surface area (Å²) in [6.45, 7) is 19.3. The van der Waals surface area contributed by atoms with Gasteiger partial charge < -0.3 is 16.4 Å². The second-order valence-corrected chi connectivity index (χ2v) is 30.4. The topological polar surface area (TPSA) is 717 Å². The van der Waals surface area contributed by atoms with Crippen LogP contribution in [-0.2, 0) is 64.6 Å². The molecule has 0 saturated carbocycles. The van der Waals surface area contributed by atoms with E-state index in [9.17, 15) is 0 Å². The van der Waals surface area contributed by atoms with Crippen molar-refractivity contribution in [1.82, 2.24) is 79.7 Å². The Morgan fingerprint density at radius 3 is 0.481 bits per heavy atom. The van der Waals surface area contributed by atoms with E-state index in [1.165, 1.54) is 84.0 Å².